The Labute approximate surface area is 152 Å². The van der Waals surface area contributed by atoms with Gasteiger partial charge < -0.3 is 15.4 Å². The molecule has 0 aliphatic carbocycles. The molecule has 2 heterocycles. The number of rotatable bonds is 6. The van der Waals surface area contributed by atoms with Crippen LogP contribution in [-0.2, 0) is 9.53 Å². The fourth-order valence-corrected chi connectivity index (χ4v) is 3.40. The van der Waals surface area contributed by atoms with Crippen molar-refractivity contribution in [2.75, 3.05) is 46.4 Å². The molecule has 0 aromatic carbocycles. The number of hydrogen-bond acceptors (Lipinski definition) is 4. The normalized spacial score (nSPS) is 21.6. The standard InChI is InChI=1S/C16H29N3O2.2ClH/c1-3-10-19-11-4-14(5-12-19)18-15(20)16(13-21-2)6-8-17-9-7-16;;/h3,14,17H,1,4-13H2,2H3,(H,18,20);2*1H. The predicted molar refractivity (Wildman–Crippen MR) is 98.7 cm³/mol. The van der Waals surface area contributed by atoms with Crippen LogP contribution in [0.4, 0.5) is 0 Å². The second-order valence-corrected chi connectivity index (χ2v) is 6.30. The second kappa shape index (κ2) is 11.3. The topological polar surface area (TPSA) is 53.6 Å². The first kappa shape index (κ1) is 22.7. The summed E-state index contributed by atoms with van der Waals surface area (Å²) < 4.78 is 5.34. The van der Waals surface area contributed by atoms with Crippen LogP contribution >= 0.6 is 24.8 Å². The zero-order chi connectivity index (χ0) is 15.1. The molecule has 0 spiro atoms. The molecule has 7 heteroatoms. The molecular formula is C16H31Cl2N3O2. The van der Waals surface area contributed by atoms with Gasteiger partial charge in [0.1, 0.15) is 0 Å². The quantitative estimate of drug-likeness (QED) is 0.700. The Kier molecular flexibility index (Phi) is 11.1. The van der Waals surface area contributed by atoms with Gasteiger partial charge >= 0.3 is 0 Å². The summed E-state index contributed by atoms with van der Waals surface area (Å²) in [5.41, 5.74) is -0.335. The highest BCUT2D eigenvalue weighted by atomic mass is 35.5. The molecule has 1 amide bonds. The number of amides is 1. The number of piperidine rings is 2. The van der Waals surface area contributed by atoms with Crippen LogP contribution in [0.5, 0.6) is 0 Å². The minimum Gasteiger partial charge on any atom is -0.384 e. The van der Waals surface area contributed by atoms with E-state index in [0.717, 1.165) is 58.4 Å². The van der Waals surface area contributed by atoms with Gasteiger partial charge in [0, 0.05) is 32.8 Å². The summed E-state index contributed by atoms with van der Waals surface area (Å²) in [6.45, 7) is 9.12. The van der Waals surface area contributed by atoms with Crippen molar-refractivity contribution >= 4 is 30.7 Å². The Balaban J connectivity index is 0.00000242. The number of methoxy groups -OCH3 is 1. The first-order valence-corrected chi connectivity index (χ1v) is 8.04. The van der Waals surface area contributed by atoms with E-state index in [1.54, 1.807) is 7.11 Å². The lowest BCUT2D eigenvalue weighted by Crippen LogP contribution is -2.54. The lowest BCUT2D eigenvalue weighted by molar-refractivity contribution is -0.137. The van der Waals surface area contributed by atoms with E-state index in [4.69, 9.17) is 4.74 Å². The SMILES string of the molecule is C=CCN1CCC(NC(=O)C2(COC)CCNCC2)CC1.Cl.Cl. The van der Waals surface area contributed by atoms with Gasteiger partial charge in [0.25, 0.3) is 0 Å². The maximum absolute atomic E-state index is 12.7. The summed E-state index contributed by atoms with van der Waals surface area (Å²) in [5, 5.41) is 6.60. The fourth-order valence-electron chi connectivity index (χ4n) is 3.40. The number of nitrogens with zero attached hydrogens (tertiary/aromatic N) is 1. The van der Waals surface area contributed by atoms with Crippen molar-refractivity contribution in [1.29, 1.82) is 0 Å². The number of likely N-dealkylation sites (tertiary alicyclic amines) is 1. The number of carbonyl (C=O) groups excluding carboxylic acids is 1. The third-order valence-electron chi connectivity index (χ3n) is 4.77. The molecule has 23 heavy (non-hydrogen) atoms. The molecule has 2 rings (SSSR count). The summed E-state index contributed by atoms with van der Waals surface area (Å²) in [5.74, 6) is 0.188. The van der Waals surface area contributed by atoms with Gasteiger partial charge in [-0.1, -0.05) is 6.08 Å². The molecule has 2 fully saturated rings. The third-order valence-corrected chi connectivity index (χ3v) is 4.77. The molecular weight excluding hydrogens is 337 g/mol. The highest BCUT2D eigenvalue weighted by molar-refractivity contribution is 5.85. The molecule has 2 aliphatic heterocycles. The van der Waals surface area contributed by atoms with Gasteiger partial charge in [0.15, 0.2) is 0 Å². The second-order valence-electron chi connectivity index (χ2n) is 6.30. The van der Waals surface area contributed by atoms with Gasteiger partial charge in [-0.05, 0) is 38.8 Å². The van der Waals surface area contributed by atoms with Crippen LogP contribution in [0.2, 0.25) is 0 Å². The lowest BCUT2D eigenvalue weighted by Gasteiger charge is -2.38. The molecule has 2 N–H and O–H groups in total. The fraction of sp³-hybridized carbons (Fsp3) is 0.812. The molecule has 136 valence electrons. The summed E-state index contributed by atoms with van der Waals surface area (Å²) in [7, 11) is 1.69. The van der Waals surface area contributed by atoms with E-state index in [2.05, 4.69) is 22.1 Å². The van der Waals surface area contributed by atoms with E-state index in [0.29, 0.717) is 12.6 Å². The first-order chi connectivity index (χ1) is 10.2. The van der Waals surface area contributed by atoms with Gasteiger partial charge in [-0.15, -0.1) is 31.4 Å². The van der Waals surface area contributed by atoms with Crippen LogP contribution < -0.4 is 10.6 Å². The summed E-state index contributed by atoms with van der Waals surface area (Å²) >= 11 is 0. The first-order valence-electron chi connectivity index (χ1n) is 8.04. The number of hydrogen-bond donors (Lipinski definition) is 2. The number of ether oxygens (including phenoxy) is 1. The van der Waals surface area contributed by atoms with Crippen molar-refractivity contribution in [2.45, 2.75) is 31.7 Å². The van der Waals surface area contributed by atoms with Crippen LogP contribution in [0.15, 0.2) is 12.7 Å². The molecule has 0 unspecified atom stereocenters. The molecule has 0 aromatic heterocycles. The maximum Gasteiger partial charge on any atom is 0.228 e. The largest absolute Gasteiger partial charge is 0.384 e. The predicted octanol–water partition coefficient (Wildman–Crippen LogP) is 1.61. The third kappa shape index (κ3) is 6.24. The van der Waals surface area contributed by atoms with Crippen molar-refractivity contribution in [3.05, 3.63) is 12.7 Å². The molecule has 2 saturated heterocycles. The minimum atomic E-state index is -0.335. The van der Waals surface area contributed by atoms with Crippen molar-refractivity contribution in [1.82, 2.24) is 15.5 Å². The van der Waals surface area contributed by atoms with Crippen LogP contribution in [0.1, 0.15) is 25.7 Å². The monoisotopic (exact) mass is 367 g/mol. The number of halogens is 2. The van der Waals surface area contributed by atoms with E-state index in [1.165, 1.54) is 0 Å². The zero-order valence-electron chi connectivity index (χ0n) is 14.0. The van der Waals surface area contributed by atoms with Crippen molar-refractivity contribution in [3.8, 4) is 0 Å². The van der Waals surface area contributed by atoms with Gasteiger partial charge in [-0.2, -0.15) is 0 Å². The van der Waals surface area contributed by atoms with E-state index >= 15 is 0 Å². The maximum atomic E-state index is 12.7. The Morgan fingerprint density at radius 3 is 2.48 bits per heavy atom. The van der Waals surface area contributed by atoms with Crippen LogP contribution in [0, 0.1) is 5.41 Å². The van der Waals surface area contributed by atoms with Crippen LogP contribution in [-0.4, -0.2) is 63.3 Å². The Hall–Kier alpha value is -0.330. The van der Waals surface area contributed by atoms with E-state index in [1.807, 2.05) is 6.08 Å². The Morgan fingerprint density at radius 1 is 1.35 bits per heavy atom. The average Bonchev–Trinajstić information content (AvgIpc) is 2.51. The molecule has 0 aromatic rings. The number of nitrogens with one attached hydrogen (secondary N) is 2. The van der Waals surface area contributed by atoms with E-state index in [9.17, 15) is 4.79 Å². The van der Waals surface area contributed by atoms with E-state index < -0.39 is 0 Å². The lowest BCUT2D eigenvalue weighted by atomic mass is 9.78. The average molecular weight is 368 g/mol. The Morgan fingerprint density at radius 2 is 1.96 bits per heavy atom. The van der Waals surface area contributed by atoms with Crippen molar-refractivity contribution < 1.29 is 9.53 Å². The smallest absolute Gasteiger partial charge is 0.228 e. The molecule has 0 bridgehead atoms. The Bertz CT molecular complexity index is 350. The molecule has 0 radical (unpaired) electrons. The van der Waals surface area contributed by atoms with Gasteiger partial charge in [0.2, 0.25) is 5.91 Å². The van der Waals surface area contributed by atoms with Crippen LogP contribution in [0.25, 0.3) is 0 Å². The minimum absolute atomic E-state index is 0. The zero-order valence-corrected chi connectivity index (χ0v) is 15.6. The van der Waals surface area contributed by atoms with Gasteiger partial charge in [0.05, 0.1) is 12.0 Å². The summed E-state index contributed by atoms with van der Waals surface area (Å²) in [6, 6.07) is 0.308. The molecule has 0 atom stereocenters. The summed E-state index contributed by atoms with van der Waals surface area (Å²) in [4.78, 5) is 15.1. The van der Waals surface area contributed by atoms with Crippen molar-refractivity contribution in [2.24, 2.45) is 5.41 Å². The highest BCUT2D eigenvalue weighted by Crippen LogP contribution is 2.30. The van der Waals surface area contributed by atoms with E-state index in [-0.39, 0.29) is 36.1 Å². The van der Waals surface area contributed by atoms with Gasteiger partial charge in [-0.25, -0.2) is 0 Å². The van der Waals surface area contributed by atoms with Gasteiger partial charge in [-0.3, -0.25) is 9.69 Å². The van der Waals surface area contributed by atoms with Crippen LogP contribution in [0.3, 0.4) is 0 Å². The molecule has 2 aliphatic rings. The number of carbonyl (C=O) groups is 1. The molecule has 5 nitrogen and oxygen atoms in total. The molecule has 0 saturated carbocycles. The van der Waals surface area contributed by atoms with Crippen molar-refractivity contribution in [3.63, 3.8) is 0 Å². The highest BCUT2D eigenvalue weighted by Gasteiger charge is 2.40. The summed E-state index contributed by atoms with van der Waals surface area (Å²) in [6.07, 6.45) is 5.73.